The lowest BCUT2D eigenvalue weighted by molar-refractivity contribution is -0.120. The zero-order chi connectivity index (χ0) is 16.3. The Balaban J connectivity index is 1.52. The fourth-order valence-corrected chi connectivity index (χ4v) is 3.31. The Bertz CT molecular complexity index is 598. The maximum atomic E-state index is 11.8. The molecule has 0 saturated carbocycles. The first-order valence-corrected chi connectivity index (χ1v) is 9.33. The second-order valence-corrected chi connectivity index (χ2v) is 6.84. The van der Waals surface area contributed by atoms with Crippen LogP contribution in [0.3, 0.4) is 0 Å². The van der Waals surface area contributed by atoms with Crippen molar-refractivity contribution in [1.82, 2.24) is 5.32 Å². The third kappa shape index (κ3) is 7.38. The van der Waals surface area contributed by atoms with Gasteiger partial charge in [-0.05, 0) is 30.9 Å². The van der Waals surface area contributed by atoms with Gasteiger partial charge < -0.3 is 5.32 Å². The number of carbonyl (C=O) groups excluding carboxylic acids is 1. The van der Waals surface area contributed by atoms with E-state index in [0.29, 0.717) is 6.42 Å². The van der Waals surface area contributed by atoms with E-state index in [2.05, 4.69) is 60.8 Å². The molecule has 0 saturated heterocycles. The Morgan fingerprint density at radius 2 is 1.83 bits per heavy atom. The molecule has 3 heteroatoms. The van der Waals surface area contributed by atoms with Crippen LogP contribution in [0, 0.1) is 6.92 Å². The van der Waals surface area contributed by atoms with Crippen molar-refractivity contribution in [2.75, 3.05) is 12.3 Å². The standard InChI is InChI=1S/C20H25NOS/c1-17-7-5-10-18(15-17)11-6-13-21-20(22)12-14-23-16-19-8-3-2-4-9-19/h2-5,7-10,15H,6,11-14,16H2,1H3,(H,21,22). The molecule has 2 aromatic rings. The summed E-state index contributed by atoms with van der Waals surface area (Å²) in [6.45, 7) is 2.87. The zero-order valence-corrected chi connectivity index (χ0v) is 14.6. The molecule has 0 aliphatic rings. The third-order valence-electron chi connectivity index (χ3n) is 3.63. The van der Waals surface area contributed by atoms with Gasteiger partial charge in [-0.15, -0.1) is 0 Å². The fourth-order valence-electron chi connectivity index (χ4n) is 2.41. The minimum atomic E-state index is 0.162. The van der Waals surface area contributed by atoms with Gasteiger partial charge in [0.15, 0.2) is 0 Å². The summed E-state index contributed by atoms with van der Waals surface area (Å²) in [4.78, 5) is 11.8. The van der Waals surface area contributed by atoms with Gasteiger partial charge in [-0.25, -0.2) is 0 Å². The van der Waals surface area contributed by atoms with E-state index in [1.54, 1.807) is 0 Å². The van der Waals surface area contributed by atoms with Crippen molar-refractivity contribution in [3.8, 4) is 0 Å². The van der Waals surface area contributed by atoms with Crippen molar-refractivity contribution in [3.63, 3.8) is 0 Å². The van der Waals surface area contributed by atoms with Gasteiger partial charge in [-0.3, -0.25) is 4.79 Å². The number of hydrogen-bond donors (Lipinski definition) is 1. The molecule has 0 aliphatic carbocycles. The van der Waals surface area contributed by atoms with Crippen molar-refractivity contribution in [1.29, 1.82) is 0 Å². The molecule has 0 aromatic heterocycles. The molecule has 0 atom stereocenters. The molecule has 2 nitrogen and oxygen atoms in total. The highest BCUT2D eigenvalue weighted by atomic mass is 32.2. The van der Waals surface area contributed by atoms with Gasteiger partial charge in [0, 0.05) is 24.5 Å². The van der Waals surface area contributed by atoms with E-state index >= 15 is 0 Å². The molecule has 0 radical (unpaired) electrons. The van der Waals surface area contributed by atoms with Crippen LogP contribution in [0.15, 0.2) is 54.6 Å². The molecule has 2 aromatic carbocycles. The van der Waals surface area contributed by atoms with Crippen molar-refractivity contribution in [3.05, 3.63) is 71.3 Å². The Hall–Kier alpha value is -1.74. The van der Waals surface area contributed by atoms with Crippen LogP contribution in [0.5, 0.6) is 0 Å². The van der Waals surface area contributed by atoms with Crippen LogP contribution in [0.1, 0.15) is 29.5 Å². The predicted octanol–water partition coefficient (Wildman–Crippen LogP) is 4.37. The second kappa shape index (κ2) is 10.1. The summed E-state index contributed by atoms with van der Waals surface area (Å²) >= 11 is 1.81. The molecular weight excluding hydrogens is 302 g/mol. The molecule has 1 amide bonds. The molecule has 2 rings (SSSR count). The number of aryl methyl sites for hydroxylation is 2. The number of thioether (sulfide) groups is 1. The zero-order valence-electron chi connectivity index (χ0n) is 13.8. The topological polar surface area (TPSA) is 29.1 Å². The van der Waals surface area contributed by atoms with E-state index in [-0.39, 0.29) is 5.91 Å². The molecule has 122 valence electrons. The molecular formula is C20H25NOS. The Morgan fingerprint density at radius 1 is 1.04 bits per heavy atom. The lowest BCUT2D eigenvalue weighted by Crippen LogP contribution is -2.25. The second-order valence-electron chi connectivity index (χ2n) is 5.73. The van der Waals surface area contributed by atoms with Gasteiger partial charge >= 0.3 is 0 Å². The molecule has 0 spiro atoms. The summed E-state index contributed by atoms with van der Waals surface area (Å²) in [6.07, 6.45) is 2.61. The van der Waals surface area contributed by atoms with Crippen LogP contribution >= 0.6 is 11.8 Å². The summed E-state index contributed by atoms with van der Waals surface area (Å²) in [5.74, 6) is 2.01. The van der Waals surface area contributed by atoms with Crippen molar-refractivity contribution in [2.45, 2.75) is 31.9 Å². The summed E-state index contributed by atoms with van der Waals surface area (Å²) < 4.78 is 0. The number of nitrogens with one attached hydrogen (secondary N) is 1. The molecule has 0 bridgehead atoms. The van der Waals surface area contributed by atoms with E-state index in [4.69, 9.17) is 0 Å². The SMILES string of the molecule is Cc1cccc(CCCNC(=O)CCSCc2ccccc2)c1. The van der Waals surface area contributed by atoms with Gasteiger partial charge in [0.2, 0.25) is 5.91 Å². The quantitative estimate of drug-likeness (QED) is 0.693. The molecule has 0 unspecified atom stereocenters. The monoisotopic (exact) mass is 327 g/mol. The van der Waals surface area contributed by atoms with Crippen LogP contribution < -0.4 is 5.32 Å². The van der Waals surface area contributed by atoms with Crippen LogP contribution in [-0.2, 0) is 17.0 Å². The maximum Gasteiger partial charge on any atom is 0.220 e. The van der Waals surface area contributed by atoms with Crippen LogP contribution in [0.4, 0.5) is 0 Å². The van der Waals surface area contributed by atoms with Crippen LogP contribution in [-0.4, -0.2) is 18.2 Å². The third-order valence-corrected chi connectivity index (χ3v) is 4.66. The first-order valence-electron chi connectivity index (χ1n) is 8.18. The summed E-state index contributed by atoms with van der Waals surface area (Å²) in [7, 11) is 0. The smallest absolute Gasteiger partial charge is 0.220 e. The van der Waals surface area contributed by atoms with Gasteiger partial charge in [-0.1, -0.05) is 60.2 Å². The van der Waals surface area contributed by atoms with Gasteiger partial charge in [-0.2, -0.15) is 11.8 Å². The van der Waals surface area contributed by atoms with Gasteiger partial charge in [0.25, 0.3) is 0 Å². The number of rotatable bonds is 9. The first-order chi connectivity index (χ1) is 11.2. The van der Waals surface area contributed by atoms with Crippen LogP contribution in [0.2, 0.25) is 0 Å². The van der Waals surface area contributed by atoms with Gasteiger partial charge in [0.05, 0.1) is 0 Å². The Morgan fingerprint density at radius 3 is 2.61 bits per heavy atom. The number of hydrogen-bond acceptors (Lipinski definition) is 2. The molecule has 0 aliphatic heterocycles. The highest BCUT2D eigenvalue weighted by Crippen LogP contribution is 2.12. The molecule has 0 heterocycles. The average molecular weight is 327 g/mol. The fraction of sp³-hybridized carbons (Fsp3) is 0.350. The van der Waals surface area contributed by atoms with E-state index in [0.717, 1.165) is 30.9 Å². The lowest BCUT2D eigenvalue weighted by Gasteiger charge is -2.06. The lowest BCUT2D eigenvalue weighted by atomic mass is 10.1. The van der Waals surface area contributed by atoms with Crippen molar-refractivity contribution < 1.29 is 4.79 Å². The predicted molar refractivity (Wildman–Crippen MR) is 99.7 cm³/mol. The highest BCUT2D eigenvalue weighted by molar-refractivity contribution is 7.98. The Kier molecular flexibility index (Phi) is 7.74. The van der Waals surface area contributed by atoms with E-state index in [1.165, 1.54) is 16.7 Å². The average Bonchev–Trinajstić information content (AvgIpc) is 2.57. The summed E-state index contributed by atoms with van der Waals surface area (Å²) in [6, 6.07) is 18.9. The van der Waals surface area contributed by atoms with E-state index < -0.39 is 0 Å². The summed E-state index contributed by atoms with van der Waals surface area (Å²) in [5, 5.41) is 3.01. The largest absolute Gasteiger partial charge is 0.356 e. The molecule has 0 fully saturated rings. The molecule has 23 heavy (non-hydrogen) atoms. The maximum absolute atomic E-state index is 11.8. The normalized spacial score (nSPS) is 10.5. The molecule has 1 N–H and O–H groups in total. The minimum absolute atomic E-state index is 0.162. The first kappa shape index (κ1) is 17.6. The Labute approximate surface area is 143 Å². The van der Waals surface area contributed by atoms with Crippen molar-refractivity contribution >= 4 is 17.7 Å². The van der Waals surface area contributed by atoms with Crippen molar-refractivity contribution in [2.24, 2.45) is 0 Å². The van der Waals surface area contributed by atoms with E-state index in [1.807, 2.05) is 17.8 Å². The van der Waals surface area contributed by atoms with Gasteiger partial charge in [0.1, 0.15) is 0 Å². The number of benzene rings is 2. The highest BCUT2D eigenvalue weighted by Gasteiger charge is 2.01. The van der Waals surface area contributed by atoms with E-state index in [9.17, 15) is 4.79 Å². The van der Waals surface area contributed by atoms with Crippen LogP contribution in [0.25, 0.3) is 0 Å². The number of amides is 1. The minimum Gasteiger partial charge on any atom is -0.356 e. The summed E-state index contributed by atoms with van der Waals surface area (Å²) in [5.41, 5.74) is 3.95. The number of carbonyl (C=O) groups is 1.